The van der Waals surface area contributed by atoms with Crippen LogP contribution in [0, 0.1) is 6.92 Å². The number of piperazine rings is 1. The van der Waals surface area contributed by atoms with Crippen LogP contribution in [0.4, 0.5) is 0 Å². The van der Waals surface area contributed by atoms with Crippen molar-refractivity contribution in [1.29, 1.82) is 0 Å². The van der Waals surface area contributed by atoms with Gasteiger partial charge in [0.2, 0.25) is 0 Å². The summed E-state index contributed by atoms with van der Waals surface area (Å²) in [5.74, 6) is 0.109. The first-order chi connectivity index (χ1) is 10.1. The van der Waals surface area contributed by atoms with Crippen molar-refractivity contribution in [2.24, 2.45) is 0 Å². The first-order valence-electron chi connectivity index (χ1n) is 7.48. The molecule has 1 saturated heterocycles. The van der Waals surface area contributed by atoms with Crippen molar-refractivity contribution in [3.8, 4) is 0 Å². The van der Waals surface area contributed by atoms with E-state index >= 15 is 0 Å². The molecular formula is C17H23Cl2N3O. The maximum Gasteiger partial charge on any atom is 0.254 e. The zero-order chi connectivity index (χ0) is 15.0. The Morgan fingerprint density at radius 2 is 1.96 bits per heavy atom. The van der Waals surface area contributed by atoms with Gasteiger partial charge in [-0.05, 0) is 32.9 Å². The number of hydrogen-bond donors (Lipinski definition) is 1. The highest BCUT2D eigenvalue weighted by atomic mass is 35.5. The number of carbonyl (C=O) groups excluding carboxylic acids is 1. The Bertz CT molecular complexity index is 693. The van der Waals surface area contributed by atoms with Crippen LogP contribution in [0.25, 0.3) is 10.9 Å². The van der Waals surface area contributed by atoms with Gasteiger partial charge in [0.05, 0.1) is 11.1 Å². The number of aromatic nitrogens is 1. The molecule has 1 fully saturated rings. The fraction of sp³-hybridized carbons (Fsp3) is 0.412. The molecule has 0 saturated carbocycles. The van der Waals surface area contributed by atoms with Crippen molar-refractivity contribution in [3.63, 3.8) is 0 Å². The van der Waals surface area contributed by atoms with Gasteiger partial charge in [0.1, 0.15) is 0 Å². The number of pyridine rings is 1. The minimum Gasteiger partial charge on any atom is -0.333 e. The Hall–Kier alpha value is -1.36. The fourth-order valence-corrected chi connectivity index (χ4v) is 2.98. The number of hydrogen-bond acceptors (Lipinski definition) is 3. The van der Waals surface area contributed by atoms with Gasteiger partial charge in [-0.1, -0.05) is 18.2 Å². The molecule has 1 aliphatic rings. The van der Waals surface area contributed by atoms with E-state index in [1.54, 1.807) is 0 Å². The van der Waals surface area contributed by atoms with Crippen LogP contribution in [0.1, 0.15) is 29.9 Å². The second-order valence-corrected chi connectivity index (χ2v) is 5.81. The van der Waals surface area contributed by atoms with E-state index in [1.807, 2.05) is 42.2 Å². The van der Waals surface area contributed by atoms with Gasteiger partial charge in [0.25, 0.3) is 5.91 Å². The number of nitrogens with one attached hydrogen (secondary N) is 1. The third-order valence-corrected chi connectivity index (χ3v) is 4.37. The summed E-state index contributed by atoms with van der Waals surface area (Å²) < 4.78 is 0. The summed E-state index contributed by atoms with van der Waals surface area (Å²) in [6.07, 6.45) is 0. The van der Waals surface area contributed by atoms with Crippen molar-refractivity contribution < 1.29 is 4.79 Å². The normalized spacial score (nSPS) is 20.6. The summed E-state index contributed by atoms with van der Waals surface area (Å²) in [6.45, 7) is 7.76. The van der Waals surface area contributed by atoms with Crippen LogP contribution in [-0.4, -0.2) is 41.0 Å². The lowest BCUT2D eigenvalue weighted by atomic mass is 10.0. The standard InChI is InChI=1S/C17H21N3O.2ClH/c1-11-10-15(14-6-4-5-7-16(14)19-11)17(21)20-9-8-18-12(2)13(20)3;;/h4-7,10,12-13,18H,8-9H2,1-3H3;2*1H. The quantitative estimate of drug-likeness (QED) is 0.854. The number of amides is 1. The van der Waals surface area contributed by atoms with Crippen molar-refractivity contribution >= 4 is 41.6 Å². The maximum absolute atomic E-state index is 13.0. The number of halogens is 2. The summed E-state index contributed by atoms with van der Waals surface area (Å²) in [5, 5.41) is 4.35. The topological polar surface area (TPSA) is 45.2 Å². The number of aryl methyl sites for hydroxylation is 1. The Labute approximate surface area is 149 Å². The zero-order valence-corrected chi connectivity index (χ0v) is 15.2. The molecule has 0 aliphatic carbocycles. The summed E-state index contributed by atoms with van der Waals surface area (Å²) in [7, 11) is 0. The van der Waals surface area contributed by atoms with Crippen LogP contribution in [0.15, 0.2) is 30.3 Å². The molecule has 2 unspecified atom stereocenters. The molecule has 23 heavy (non-hydrogen) atoms. The van der Waals surface area contributed by atoms with E-state index in [0.29, 0.717) is 6.04 Å². The van der Waals surface area contributed by atoms with Gasteiger partial charge in [-0.3, -0.25) is 9.78 Å². The maximum atomic E-state index is 13.0. The van der Waals surface area contributed by atoms with Crippen LogP contribution in [0.5, 0.6) is 0 Å². The molecule has 126 valence electrons. The lowest BCUT2D eigenvalue weighted by molar-refractivity contribution is 0.0605. The van der Waals surface area contributed by atoms with Crippen LogP contribution in [-0.2, 0) is 0 Å². The number of para-hydroxylation sites is 1. The molecule has 2 aromatic rings. The Morgan fingerprint density at radius 3 is 2.70 bits per heavy atom. The van der Waals surface area contributed by atoms with Gasteiger partial charge >= 0.3 is 0 Å². The molecule has 1 aromatic carbocycles. The first kappa shape index (κ1) is 19.7. The smallest absolute Gasteiger partial charge is 0.254 e. The van der Waals surface area contributed by atoms with Crippen molar-refractivity contribution in [2.75, 3.05) is 13.1 Å². The van der Waals surface area contributed by atoms with E-state index < -0.39 is 0 Å². The molecule has 0 spiro atoms. The van der Waals surface area contributed by atoms with Gasteiger partial charge in [0, 0.05) is 36.3 Å². The monoisotopic (exact) mass is 355 g/mol. The van der Waals surface area contributed by atoms with Gasteiger partial charge < -0.3 is 10.2 Å². The first-order valence-corrected chi connectivity index (χ1v) is 7.48. The molecule has 2 heterocycles. The van der Waals surface area contributed by atoms with E-state index in [-0.39, 0.29) is 36.8 Å². The van der Waals surface area contributed by atoms with Crippen molar-refractivity contribution in [1.82, 2.24) is 15.2 Å². The molecule has 1 aromatic heterocycles. The molecule has 2 atom stereocenters. The van der Waals surface area contributed by atoms with Gasteiger partial charge in [-0.15, -0.1) is 24.8 Å². The number of rotatable bonds is 1. The number of carbonyl (C=O) groups is 1. The Kier molecular flexibility index (Phi) is 6.81. The SMILES string of the molecule is Cc1cc(C(=O)N2CCNC(C)C2C)c2ccccc2n1.Cl.Cl. The minimum absolute atomic E-state index is 0. The highest BCUT2D eigenvalue weighted by Gasteiger charge is 2.29. The van der Waals surface area contributed by atoms with Crippen molar-refractivity contribution in [3.05, 3.63) is 41.6 Å². The predicted octanol–water partition coefficient (Wildman–Crippen LogP) is 3.21. The van der Waals surface area contributed by atoms with Crippen LogP contribution >= 0.6 is 24.8 Å². The zero-order valence-electron chi connectivity index (χ0n) is 13.6. The molecule has 0 bridgehead atoms. The second-order valence-electron chi connectivity index (χ2n) is 5.81. The van der Waals surface area contributed by atoms with E-state index in [9.17, 15) is 4.79 Å². The van der Waals surface area contributed by atoms with Crippen LogP contribution < -0.4 is 5.32 Å². The third-order valence-electron chi connectivity index (χ3n) is 4.37. The van der Waals surface area contributed by atoms with E-state index in [1.165, 1.54) is 0 Å². The Morgan fingerprint density at radius 1 is 1.26 bits per heavy atom. The van der Waals surface area contributed by atoms with Crippen LogP contribution in [0.2, 0.25) is 0 Å². The van der Waals surface area contributed by atoms with E-state index in [2.05, 4.69) is 24.1 Å². The minimum atomic E-state index is 0. The lowest BCUT2D eigenvalue weighted by Crippen LogP contribution is -2.57. The molecule has 1 aliphatic heterocycles. The van der Waals surface area contributed by atoms with Crippen LogP contribution in [0.3, 0.4) is 0 Å². The summed E-state index contributed by atoms with van der Waals surface area (Å²) >= 11 is 0. The van der Waals surface area contributed by atoms with E-state index in [0.717, 1.165) is 35.2 Å². The van der Waals surface area contributed by atoms with E-state index in [4.69, 9.17) is 0 Å². The molecule has 1 N–H and O–H groups in total. The van der Waals surface area contributed by atoms with Crippen molar-refractivity contribution in [2.45, 2.75) is 32.9 Å². The van der Waals surface area contributed by atoms with Gasteiger partial charge in [0.15, 0.2) is 0 Å². The molecule has 6 heteroatoms. The Balaban J connectivity index is 0.00000132. The summed E-state index contributed by atoms with van der Waals surface area (Å²) in [5.41, 5.74) is 2.53. The number of fused-ring (bicyclic) bond motifs is 1. The highest BCUT2D eigenvalue weighted by molar-refractivity contribution is 6.06. The fourth-order valence-electron chi connectivity index (χ4n) is 2.98. The average Bonchev–Trinajstić information content (AvgIpc) is 2.48. The largest absolute Gasteiger partial charge is 0.333 e. The summed E-state index contributed by atoms with van der Waals surface area (Å²) in [6, 6.07) is 10.3. The molecular weight excluding hydrogens is 333 g/mol. The number of benzene rings is 1. The molecule has 1 amide bonds. The average molecular weight is 356 g/mol. The summed E-state index contributed by atoms with van der Waals surface area (Å²) in [4.78, 5) is 19.5. The predicted molar refractivity (Wildman–Crippen MR) is 98.9 cm³/mol. The number of nitrogens with zero attached hydrogens (tertiary/aromatic N) is 2. The van der Waals surface area contributed by atoms with Gasteiger partial charge in [-0.25, -0.2) is 0 Å². The van der Waals surface area contributed by atoms with Gasteiger partial charge in [-0.2, -0.15) is 0 Å². The second kappa shape index (κ2) is 7.95. The highest BCUT2D eigenvalue weighted by Crippen LogP contribution is 2.22. The molecule has 3 rings (SSSR count). The third kappa shape index (κ3) is 3.77. The lowest BCUT2D eigenvalue weighted by Gasteiger charge is -2.38. The molecule has 4 nitrogen and oxygen atoms in total. The molecule has 0 radical (unpaired) electrons.